The molecule has 0 bridgehead atoms. The molecule has 1 aromatic heterocycles. The Morgan fingerprint density at radius 3 is 2.47 bits per heavy atom. The van der Waals surface area contributed by atoms with Crippen molar-refractivity contribution in [3.63, 3.8) is 0 Å². The molecule has 7 nitrogen and oxygen atoms in total. The van der Waals surface area contributed by atoms with Crippen molar-refractivity contribution >= 4 is 5.78 Å². The largest absolute Gasteiger partial charge is 0.494 e. The van der Waals surface area contributed by atoms with Crippen molar-refractivity contribution in [2.75, 3.05) is 20.3 Å². The molecule has 0 amide bonds. The molecule has 0 saturated heterocycles. The second-order valence-electron chi connectivity index (χ2n) is 7.02. The molecule has 160 valence electrons. The number of aromatic nitrogens is 1. The number of ether oxygens (including phenoxy) is 2. The van der Waals surface area contributed by atoms with E-state index >= 15 is 0 Å². The normalized spacial score (nSPS) is 10.6. The summed E-state index contributed by atoms with van der Waals surface area (Å²) in [7, 11) is 1.46. The zero-order chi connectivity index (χ0) is 22.1. The van der Waals surface area contributed by atoms with E-state index in [1.54, 1.807) is 24.3 Å². The molecule has 1 N–H and O–H groups in total. The fourth-order valence-electron chi connectivity index (χ4n) is 3.18. The van der Waals surface area contributed by atoms with Crippen molar-refractivity contribution in [3.05, 3.63) is 56.9 Å². The molecule has 7 heteroatoms. The van der Waals surface area contributed by atoms with Gasteiger partial charge >= 0.3 is 0 Å². The maximum atomic E-state index is 13.1. The van der Waals surface area contributed by atoms with Crippen LogP contribution in [-0.4, -0.2) is 35.8 Å². The highest BCUT2D eigenvalue weighted by Gasteiger charge is 2.24. The lowest BCUT2D eigenvalue weighted by Gasteiger charge is -2.15. The van der Waals surface area contributed by atoms with Gasteiger partial charge in [0.05, 0.1) is 25.3 Å². The van der Waals surface area contributed by atoms with Crippen molar-refractivity contribution in [3.8, 4) is 17.7 Å². The van der Waals surface area contributed by atoms with E-state index in [2.05, 4.69) is 6.92 Å². The van der Waals surface area contributed by atoms with Crippen LogP contribution in [0.3, 0.4) is 0 Å². The van der Waals surface area contributed by atoms with Crippen LogP contribution < -0.4 is 10.3 Å². The van der Waals surface area contributed by atoms with Gasteiger partial charge in [-0.15, -0.1) is 0 Å². The Bertz CT molecular complexity index is 971. The standard InChI is InChI=1S/C23H28N2O5/c1-4-5-6-7-13-30-18-10-8-17(9-11-18)21(26)20-16(2)19(15-24)22(27)25(23(20)28)12-14-29-3/h8-11,28H,4-7,12-14H2,1-3H3. The molecule has 0 unspecified atom stereocenters. The monoisotopic (exact) mass is 412 g/mol. The number of pyridine rings is 1. The summed E-state index contributed by atoms with van der Waals surface area (Å²) in [5, 5.41) is 20.0. The molecule has 0 saturated carbocycles. The Kier molecular flexibility index (Phi) is 8.63. The number of carbonyl (C=O) groups is 1. The lowest BCUT2D eigenvalue weighted by Crippen LogP contribution is -2.28. The quantitative estimate of drug-likeness (QED) is 0.447. The van der Waals surface area contributed by atoms with Gasteiger partial charge in [-0.2, -0.15) is 5.26 Å². The van der Waals surface area contributed by atoms with Crippen molar-refractivity contribution in [2.45, 2.75) is 46.1 Å². The van der Waals surface area contributed by atoms with E-state index in [-0.39, 0.29) is 29.8 Å². The Balaban J connectivity index is 2.30. The van der Waals surface area contributed by atoms with Crippen molar-refractivity contribution in [2.24, 2.45) is 0 Å². The fourth-order valence-corrected chi connectivity index (χ4v) is 3.18. The number of nitrogens with zero attached hydrogens (tertiary/aromatic N) is 2. The summed E-state index contributed by atoms with van der Waals surface area (Å²) in [4.78, 5) is 25.5. The number of aromatic hydroxyl groups is 1. The first-order valence-electron chi connectivity index (χ1n) is 10.1. The van der Waals surface area contributed by atoms with Crippen LogP contribution in [0.2, 0.25) is 0 Å². The highest BCUT2D eigenvalue weighted by molar-refractivity contribution is 6.11. The van der Waals surface area contributed by atoms with Gasteiger partial charge in [0, 0.05) is 12.7 Å². The van der Waals surface area contributed by atoms with Crippen LogP contribution in [-0.2, 0) is 11.3 Å². The molecule has 30 heavy (non-hydrogen) atoms. The topological polar surface area (TPSA) is 102 Å². The molecule has 0 spiro atoms. The van der Waals surface area contributed by atoms with Gasteiger partial charge < -0.3 is 14.6 Å². The summed E-state index contributed by atoms with van der Waals surface area (Å²) in [6, 6.07) is 8.46. The van der Waals surface area contributed by atoms with Gasteiger partial charge in [0.15, 0.2) is 5.78 Å². The van der Waals surface area contributed by atoms with Crippen LogP contribution in [0.5, 0.6) is 11.6 Å². The van der Waals surface area contributed by atoms with E-state index in [1.165, 1.54) is 20.5 Å². The fraction of sp³-hybridized carbons (Fsp3) is 0.435. The third kappa shape index (κ3) is 5.28. The molecule has 0 aliphatic rings. The van der Waals surface area contributed by atoms with E-state index < -0.39 is 17.2 Å². The number of ketones is 1. The average molecular weight is 412 g/mol. The number of methoxy groups -OCH3 is 1. The van der Waals surface area contributed by atoms with Crippen LogP contribution in [0.25, 0.3) is 0 Å². The van der Waals surface area contributed by atoms with Gasteiger partial charge in [-0.05, 0) is 43.2 Å². The third-order valence-corrected chi connectivity index (χ3v) is 4.93. The first kappa shape index (κ1) is 23.2. The van der Waals surface area contributed by atoms with Gasteiger partial charge in [-0.1, -0.05) is 26.2 Å². The lowest BCUT2D eigenvalue weighted by molar-refractivity contribution is 0.103. The molecular weight excluding hydrogens is 384 g/mol. The SMILES string of the molecule is CCCCCCOc1ccc(C(=O)c2c(C)c(C#N)c(=O)n(CCOC)c2O)cc1. The summed E-state index contributed by atoms with van der Waals surface area (Å²) >= 11 is 0. The minimum Gasteiger partial charge on any atom is -0.494 e. The Morgan fingerprint density at radius 1 is 1.17 bits per heavy atom. The number of unbranched alkanes of at least 4 members (excludes halogenated alkanes) is 3. The molecule has 1 aromatic carbocycles. The summed E-state index contributed by atoms with van der Waals surface area (Å²) in [6.07, 6.45) is 4.43. The van der Waals surface area contributed by atoms with Crippen LogP contribution in [0.1, 0.15) is 59.7 Å². The Labute approximate surface area is 176 Å². The van der Waals surface area contributed by atoms with Gasteiger partial charge in [0.1, 0.15) is 17.4 Å². The maximum absolute atomic E-state index is 13.1. The second kappa shape index (κ2) is 11.2. The Morgan fingerprint density at radius 2 is 1.87 bits per heavy atom. The van der Waals surface area contributed by atoms with E-state index in [0.29, 0.717) is 17.9 Å². The zero-order valence-corrected chi connectivity index (χ0v) is 17.7. The lowest BCUT2D eigenvalue weighted by atomic mass is 9.97. The second-order valence-corrected chi connectivity index (χ2v) is 7.02. The van der Waals surface area contributed by atoms with Crippen LogP contribution >= 0.6 is 0 Å². The van der Waals surface area contributed by atoms with Gasteiger partial charge in [0.2, 0.25) is 5.88 Å². The van der Waals surface area contributed by atoms with Crippen LogP contribution in [0, 0.1) is 18.3 Å². The highest BCUT2D eigenvalue weighted by atomic mass is 16.5. The molecule has 0 aliphatic heterocycles. The number of benzene rings is 1. The molecule has 0 atom stereocenters. The molecule has 2 rings (SSSR count). The number of carbonyl (C=O) groups excluding carboxylic acids is 1. The molecular formula is C23H28N2O5. The predicted molar refractivity (Wildman–Crippen MR) is 113 cm³/mol. The van der Waals surface area contributed by atoms with Crippen molar-refractivity contribution in [1.29, 1.82) is 5.26 Å². The minimum absolute atomic E-state index is 0.0290. The summed E-state index contributed by atoms with van der Waals surface area (Å²) in [6.45, 7) is 4.43. The van der Waals surface area contributed by atoms with Gasteiger partial charge in [-0.25, -0.2) is 0 Å². The summed E-state index contributed by atoms with van der Waals surface area (Å²) in [5.74, 6) is -0.274. The molecule has 0 fully saturated rings. The number of rotatable bonds is 11. The minimum atomic E-state index is -0.645. The van der Waals surface area contributed by atoms with E-state index in [1.807, 2.05) is 6.07 Å². The smallest absolute Gasteiger partial charge is 0.271 e. The Hall–Kier alpha value is -3.11. The zero-order valence-electron chi connectivity index (χ0n) is 17.7. The molecule has 0 radical (unpaired) electrons. The first-order valence-corrected chi connectivity index (χ1v) is 10.1. The molecule has 1 heterocycles. The summed E-state index contributed by atoms with van der Waals surface area (Å²) < 4.78 is 11.6. The predicted octanol–water partition coefficient (Wildman–Crippen LogP) is 3.57. The molecule has 2 aromatic rings. The van der Waals surface area contributed by atoms with Crippen LogP contribution in [0.15, 0.2) is 29.1 Å². The first-order chi connectivity index (χ1) is 14.5. The summed E-state index contributed by atoms with van der Waals surface area (Å²) in [5.41, 5.74) is -0.384. The average Bonchev–Trinajstić information content (AvgIpc) is 2.74. The number of hydrogen-bond acceptors (Lipinski definition) is 6. The van der Waals surface area contributed by atoms with E-state index in [9.17, 15) is 20.0 Å². The number of nitriles is 1. The van der Waals surface area contributed by atoms with Crippen LogP contribution in [0.4, 0.5) is 0 Å². The van der Waals surface area contributed by atoms with Crippen molar-refractivity contribution in [1.82, 2.24) is 4.57 Å². The third-order valence-electron chi connectivity index (χ3n) is 4.93. The maximum Gasteiger partial charge on any atom is 0.271 e. The van der Waals surface area contributed by atoms with E-state index in [4.69, 9.17) is 9.47 Å². The number of hydrogen-bond donors (Lipinski definition) is 1. The molecule has 0 aliphatic carbocycles. The highest BCUT2D eigenvalue weighted by Crippen LogP contribution is 2.25. The van der Waals surface area contributed by atoms with E-state index in [0.717, 1.165) is 23.8 Å². The van der Waals surface area contributed by atoms with Gasteiger partial charge in [0.25, 0.3) is 5.56 Å². The van der Waals surface area contributed by atoms with Gasteiger partial charge in [-0.3, -0.25) is 14.2 Å². The van der Waals surface area contributed by atoms with Crippen molar-refractivity contribution < 1.29 is 19.4 Å².